The van der Waals surface area contributed by atoms with Crippen molar-refractivity contribution in [2.45, 2.75) is 12.8 Å². The second-order valence-corrected chi connectivity index (χ2v) is 4.80. The lowest BCUT2D eigenvalue weighted by molar-refractivity contribution is 0.756. The van der Waals surface area contributed by atoms with E-state index >= 15 is 0 Å². The van der Waals surface area contributed by atoms with Crippen molar-refractivity contribution in [3.8, 4) is 0 Å². The van der Waals surface area contributed by atoms with Crippen LogP contribution in [0, 0.1) is 0 Å². The summed E-state index contributed by atoms with van der Waals surface area (Å²) in [7, 11) is 2.00. The van der Waals surface area contributed by atoms with Gasteiger partial charge in [0.15, 0.2) is 0 Å². The van der Waals surface area contributed by atoms with E-state index in [0.29, 0.717) is 0 Å². The molecule has 0 fully saturated rings. The Bertz CT molecular complexity index is 579. The van der Waals surface area contributed by atoms with Crippen molar-refractivity contribution in [3.63, 3.8) is 0 Å². The highest BCUT2D eigenvalue weighted by Gasteiger charge is 2.19. The first-order valence-corrected chi connectivity index (χ1v) is 6.09. The second-order valence-electron chi connectivity index (χ2n) is 4.36. The summed E-state index contributed by atoms with van der Waals surface area (Å²) in [5.41, 5.74) is 5.19. The average molecular weight is 245 g/mol. The topological polar surface area (TPSA) is 17.8 Å². The van der Waals surface area contributed by atoms with Gasteiger partial charge >= 0.3 is 0 Å². The van der Waals surface area contributed by atoms with E-state index in [1.165, 1.54) is 22.4 Å². The van der Waals surface area contributed by atoms with Crippen LogP contribution < -0.4 is 0 Å². The Labute approximate surface area is 106 Å². The maximum atomic E-state index is 5.88. The molecule has 17 heavy (non-hydrogen) atoms. The molecule has 1 aromatic heterocycles. The molecule has 0 atom stereocenters. The summed E-state index contributed by atoms with van der Waals surface area (Å²) in [6.45, 7) is 0. The van der Waals surface area contributed by atoms with Gasteiger partial charge in [-0.2, -0.15) is 5.10 Å². The SMILES string of the molecule is Cn1ncc2c1C(=Cc1ccc(Cl)cc1)CC2. The van der Waals surface area contributed by atoms with Crippen LogP contribution in [0.25, 0.3) is 11.6 Å². The molecule has 0 radical (unpaired) electrons. The van der Waals surface area contributed by atoms with Gasteiger partial charge in [0.1, 0.15) is 0 Å². The number of allylic oxidation sites excluding steroid dienone is 1. The fourth-order valence-corrected chi connectivity index (χ4v) is 2.49. The van der Waals surface area contributed by atoms with Crippen LogP contribution in [0.1, 0.15) is 23.2 Å². The molecule has 0 saturated carbocycles. The summed E-state index contributed by atoms with van der Waals surface area (Å²) in [6, 6.07) is 7.94. The molecule has 1 aromatic carbocycles. The average Bonchev–Trinajstić information content (AvgIpc) is 2.87. The van der Waals surface area contributed by atoms with E-state index in [9.17, 15) is 0 Å². The van der Waals surface area contributed by atoms with Gasteiger partial charge in [0.25, 0.3) is 0 Å². The standard InChI is InChI=1S/C14H13ClN2/c1-17-14-11(4-5-12(14)9-16-17)8-10-2-6-13(15)7-3-10/h2-3,6-9H,4-5H2,1H3. The van der Waals surface area contributed by atoms with Crippen LogP contribution in [-0.2, 0) is 13.5 Å². The molecule has 0 N–H and O–H groups in total. The van der Waals surface area contributed by atoms with Gasteiger partial charge < -0.3 is 0 Å². The van der Waals surface area contributed by atoms with Crippen molar-refractivity contribution in [2.24, 2.45) is 7.05 Å². The summed E-state index contributed by atoms with van der Waals surface area (Å²) < 4.78 is 1.96. The number of hydrogen-bond acceptors (Lipinski definition) is 1. The maximum absolute atomic E-state index is 5.88. The first-order valence-electron chi connectivity index (χ1n) is 5.71. The van der Waals surface area contributed by atoms with Crippen molar-refractivity contribution in [1.29, 1.82) is 0 Å². The molecule has 0 bridgehead atoms. The molecule has 1 aliphatic rings. The first-order chi connectivity index (χ1) is 8.24. The molecule has 2 aromatic rings. The molecule has 0 amide bonds. The Balaban J connectivity index is 2.01. The van der Waals surface area contributed by atoms with Crippen molar-refractivity contribution < 1.29 is 0 Å². The van der Waals surface area contributed by atoms with E-state index in [-0.39, 0.29) is 0 Å². The number of nitrogens with zero attached hydrogens (tertiary/aromatic N) is 2. The van der Waals surface area contributed by atoms with Gasteiger partial charge in [0.2, 0.25) is 0 Å². The molecule has 1 aliphatic carbocycles. The smallest absolute Gasteiger partial charge is 0.0670 e. The van der Waals surface area contributed by atoms with E-state index < -0.39 is 0 Å². The number of hydrogen-bond donors (Lipinski definition) is 0. The Hall–Kier alpha value is -1.54. The fourth-order valence-electron chi connectivity index (χ4n) is 2.37. The molecule has 3 heteroatoms. The van der Waals surface area contributed by atoms with Crippen LogP contribution in [0.4, 0.5) is 0 Å². The van der Waals surface area contributed by atoms with Gasteiger partial charge in [-0.05, 0) is 47.8 Å². The highest BCUT2D eigenvalue weighted by Crippen LogP contribution is 2.33. The maximum Gasteiger partial charge on any atom is 0.0670 e. The number of aryl methyl sites for hydroxylation is 2. The minimum atomic E-state index is 0.778. The molecule has 86 valence electrons. The van der Waals surface area contributed by atoms with Gasteiger partial charge in [0.05, 0.1) is 11.9 Å². The minimum absolute atomic E-state index is 0.778. The fraction of sp³-hybridized carbons (Fsp3) is 0.214. The van der Waals surface area contributed by atoms with Crippen LogP contribution >= 0.6 is 11.6 Å². The Kier molecular flexibility index (Phi) is 2.52. The van der Waals surface area contributed by atoms with Crippen molar-refractivity contribution >= 4 is 23.3 Å². The van der Waals surface area contributed by atoms with Crippen molar-refractivity contribution in [1.82, 2.24) is 9.78 Å². The molecule has 0 aliphatic heterocycles. The molecule has 0 spiro atoms. The van der Waals surface area contributed by atoms with Crippen LogP contribution in [0.5, 0.6) is 0 Å². The lowest BCUT2D eigenvalue weighted by Crippen LogP contribution is -1.95. The summed E-state index contributed by atoms with van der Waals surface area (Å²) >= 11 is 5.88. The third-order valence-corrected chi connectivity index (χ3v) is 3.45. The summed E-state index contributed by atoms with van der Waals surface area (Å²) in [4.78, 5) is 0. The number of aromatic nitrogens is 2. The van der Waals surface area contributed by atoms with Crippen LogP contribution in [-0.4, -0.2) is 9.78 Å². The Morgan fingerprint density at radius 2 is 2.00 bits per heavy atom. The molecule has 0 saturated heterocycles. The first kappa shape index (κ1) is 10.6. The van der Waals surface area contributed by atoms with Crippen LogP contribution in [0.3, 0.4) is 0 Å². The summed E-state index contributed by atoms with van der Waals surface area (Å²) in [5, 5.41) is 5.08. The lowest BCUT2D eigenvalue weighted by atomic mass is 10.1. The van der Waals surface area contributed by atoms with Gasteiger partial charge in [0, 0.05) is 12.1 Å². The van der Waals surface area contributed by atoms with E-state index in [1.54, 1.807) is 0 Å². The highest BCUT2D eigenvalue weighted by atomic mass is 35.5. The number of halogens is 1. The quantitative estimate of drug-likeness (QED) is 0.750. The number of rotatable bonds is 1. The van der Waals surface area contributed by atoms with Gasteiger partial charge in [-0.1, -0.05) is 23.7 Å². The van der Waals surface area contributed by atoms with Gasteiger partial charge in [-0.3, -0.25) is 4.68 Å². The van der Waals surface area contributed by atoms with E-state index in [4.69, 9.17) is 11.6 Å². The largest absolute Gasteiger partial charge is 0.268 e. The van der Waals surface area contributed by atoms with Crippen molar-refractivity contribution in [3.05, 3.63) is 52.3 Å². The van der Waals surface area contributed by atoms with E-state index in [2.05, 4.69) is 11.2 Å². The number of fused-ring (bicyclic) bond motifs is 1. The van der Waals surface area contributed by atoms with E-state index in [0.717, 1.165) is 17.9 Å². The predicted octanol–water partition coefficient (Wildman–Crippen LogP) is 3.56. The Morgan fingerprint density at radius 1 is 1.24 bits per heavy atom. The monoisotopic (exact) mass is 244 g/mol. The van der Waals surface area contributed by atoms with Crippen LogP contribution in [0.2, 0.25) is 5.02 Å². The molecule has 3 rings (SSSR count). The normalized spacial score (nSPS) is 16.5. The molecule has 1 heterocycles. The molecular weight excluding hydrogens is 232 g/mol. The lowest BCUT2D eigenvalue weighted by Gasteiger charge is -2.02. The third-order valence-electron chi connectivity index (χ3n) is 3.19. The predicted molar refractivity (Wildman–Crippen MR) is 70.9 cm³/mol. The zero-order valence-corrected chi connectivity index (χ0v) is 10.4. The second kappa shape index (κ2) is 4.04. The van der Waals surface area contributed by atoms with E-state index in [1.807, 2.05) is 42.2 Å². The summed E-state index contributed by atoms with van der Waals surface area (Å²) in [5.74, 6) is 0. The van der Waals surface area contributed by atoms with Crippen LogP contribution in [0.15, 0.2) is 30.5 Å². The Morgan fingerprint density at radius 3 is 2.76 bits per heavy atom. The zero-order chi connectivity index (χ0) is 11.8. The summed E-state index contributed by atoms with van der Waals surface area (Å²) in [6.07, 6.45) is 6.40. The molecule has 2 nitrogen and oxygen atoms in total. The molecular formula is C14H13ClN2. The number of benzene rings is 1. The van der Waals surface area contributed by atoms with Crippen molar-refractivity contribution in [2.75, 3.05) is 0 Å². The molecule has 0 unspecified atom stereocenters. The zero-order valence-electron chi connectivity index (χ0n) is 9.65. The minimum Gasteiger partial charge on any atom is -0.268 e. The highest BCUT2D eigenvalue weighted by molar-refractivity contribution is 6.30. The van der Waals surface area contributed by atoms with Gasteiger partial charge in [-0.25, -0.2) is 0 Å². The third kappa shape index (κ3) is 1.89. The van der Waals surface area contributed by atoms with Gasteiger partial charge in [-0.15, -0.1) is 0 Å².